The molecule has 1 amide bonds. The zero-order chi connectivity index (χ0) is 14.0. The van der Waals surface area contributed by atoms with E-state index in [1.807, 2.05) is 19.1 Å². The topological polar surface area (TPSA) is 59.5 Å². The molecule has 0 saturated carbocycles. The molecule has 2 atom stereocenters. The van der Waals surface area contributed by atoms with Crippen LogP contribution < -0.4 is 0 Å². The molecule has 1 aromatic rings. The summed E-state index contributed by atoms with van der Waals surface area (Å²) in [7, 11) is 1.34. The van der Waals surface area contributed by atoms with E-state index in [4.69, 9.17) is 4.74 Å². The number of carbonyl (C=O) groups excluding carboxylic acids is 2. The maximum atomic E-state index is 12.0. The molecule has 2 heterocycles. The molecule has 19 heavy (non-hydrogen) atoms. The second-order valence-electron chi connectivity index (χ2n) is 4.47. The van der Waals surface area contributed by atoms with Gasteiger partial charge in [0.2, 0.25) is 5.91 Å². The fourth-order valence-electron chi connectivity index (χ4n) is 2.35. The van der Waals surface area contributed by atoms with Crippen LogP contribution in [0.3, 0.4) is 0 Å². The summed E-state index contributed by atoms with van der Waals surface area (Å²) in [5.74, 6) is -0.381. The molecular weight excluding hydrogens is 312 g/mol. The molecule has 6 heteroatoms. The first-order valence-electron chi connectivity index (χ1n) is 6.05. The van der Waals surface area contributed by atoms with Crippen LogP contribution in [0.1, 0.15) is 31.4 Å². The number of ether oxygens (including phenoxy) is 1. The fraction of sp³-hybridized carbons (Fsp3) is 0.462. The first kappa shape index (κ1) is 14.0. The van der Waals surface area contributed by atoms with Crippen LogP contribution in [0.5, 0.6) is 0 Å². The predicted molar refractivity (Wildman–Crippen MR) is 72.2 cm³/mol. The number of amides is 1. The zero-order valence-electron chi connectivity index (χ0n) is 10.8. The lowest BCUT2D eigenvalue weighted by molar-refractivity contribution is -0.150. The van der Waals surface area contributed by atoms with Crippen LogP contribution >= 0.6 is 15.9 Å². The number of hydrogen-bond acceptors (Lipinski definition) is 4. The van der Waals surface area contributed by atoms with Crippen molar-refractivity contribution in [1.29, 1.82) is 0 Å². The number of hydrogen-bond donors (Lipinski definition) is 0. The van der Waals surface area contributed by atoms with Gasteiger partial charge < -0.3 is 9.64 Å². The molecule has 1 saturated heterocycles. The van der Waals surface area contributed by atoms with E-state index in [0.717, 1.165) is 10.2 Å². The third kappa shape index (κ3) is 2.78. The molecule has 1 aromatic heterocycles. The third-order valence-electron chi connectivity index (χ3n) is 3.38. The van der Waals surface area contributed by atoms with E-state index in [2.05, 4.69) is 20.9 Å². The molecule has 1 fully saturated rings. The molecule has 5 nitrogen and oxygen atoms in total. The highest BCUT2D eigenvalue weighted by Gasteiger charge is 2.39. The third-order valence-corrected chi connectivity index (χ3v) is 3.85. The van der Waals surface area contributed by atoms with Crippen molar-refractivity contribution in [2.75, 3.05) is 7.11 Å². The second kappa shape index (κ2) is 5.69. The van der Waals surface area contributed by atoms with Crippen LogP contribution in [0.15, 0.2) is 22.9 Å². The maximum absolute atomic E-state index is 12.0. The van der Waals surface area contributed by atoms with Crippen LogP contribution in [0.4, 0.5) is 0 Å². The summed E-state index contributed by atoms with van der Waals surface area (Å²) in [5, 5.41) is 0. The van der Waals surface area contributed by atoms with Gasteiger partial charge in [-0.15, -0.1) is 0 Å². The van der Waals surface area contributed by atoms with Crippen LogP contribution in [0, 0.1) is 0 Å². The van der Waals surface area contributed by atoms with E-state index in [1.165, 1.54) is 7.11 Å². The van der Waals surface area contributed by atoms with Crippen molar-refractivity contribution in [3.8, 4) is 0 Å². The molecule has 1 aliphatic heterocycles. The molecule has 0 radical (unpaired) electrons. The van der Waals surface area contributed by atoms with E-state index < -0.39 is 6.04 Å². The number of halogens is 1. The van der Waals surface area contributed by atoms with Crippen molar-refractivity contribution in [3.05, 3.63) is 28.5 Å². The van der Waals surface area contributed by atoms with Gasteiger partial charge in [0.15, 0.2) is 0 Å². The van der Waals surface area contributed by atoms with E-state index in [0.29, 0.717) is 12.8 Å². The Balaban J connectivity index is 2.24. The van der Waals surface area contributed by atoms with Gasteiger partial charge in [-0.1, -0.05) is 6.07 Å². The summed E-state index contributed by atoms with van der Waals surface area (Å²) in [6.07, 6.45) is 2.60. The first-order valence-corrected chi connectivity index (χ1v) is 6.84. The number of rotatable bonds is 3. The Morgan fingerprint density at radius 3 is 2.89 bits per heavy atom. The first-order chi connectivity index (χ1) is 9.04. The highest BCUT2D eigenvalue weighted by atomic mass is 79.9. The van der Waals surface area contributed by atoms with Crippen molar-refractivity contribution in [1.82, 2.24) is 9.88 Å². The molecule has 1 aliphatic rings. The zero-order valence-corrected chi connectivity index (χ0v) is 12.4. The summed E-state index contributed by atoms with van der Waals surface area (Å²) in [4.78, 5) is 29.4. The van der Waals surface area contributed by atoms with Crippen LogP contribution in [0.25, 0.3) is 0 Å². The number of carbonyl (C=O) groups is 2. The molecule has 2 rings (SSSR count). The minimum absolute atomic E-state index is 0.0224. The van der Waals surface area contributed by atoms with Crippen molar-refractivity contribution < 1.29 is 14.3 Å². The second-order valence-corrected chi connectivity index (χ2v) is 5.28. The molecule has 0 aromatic carbocycles. The van der Waals surface area contributed by atoms with E-state index >= 15 is 0 Å². The normalized spacial score (nSPS) is 20.5. The minimum atomic E-state index is -0.490. The predicted octanol–water partition coefficient (Wildman–Crippen LogP) is 2.07. The lowest BCUT2D eigenvalue weighted by atomic mass is 10.1. The number of methoxy groups -OCH3 is 1. The number of likely N-dealkylation sites (tertiary alicyclic amines) is 1. The van der Waals surface area contributed by atoms with Crippen LogP contribution in [-0.2, 0) is 14.3 Å². The standard InChI is InChI=1S/C13H15BrN2O3/c1-8(9-3-5-11(14)15-7-9)16-10(13(18)19-2)4-6-12(16)17/h3,5,7-8,10H,4,6H2,1-2H3. The highest BCUT2D eigenvalue weighted by Crippen LogP contribution is 2.30. The summed E-state index contributed by atoms with van der Waals surface area (Å²) in [6, 6.07) is 3.03. The summed E-state index contributed by atoms with van der Waals surface area (Å²) in [5.41, 5.74) is 0.896. The van der Waals surface area contributed by atoms with Crippen molar-refractivity contribution in [2.45, 2.75) is 31.8 Å². The van der Waals surface area contributed by atoms with Crippen molar-refractivity contribution in [2.24, 2.45) is 0 Å². The Morgan fingerprint density at radius 1 is 1.58 bits per heavy atom. The van der Waals surface area contributed by atoms with E-state index in [9.17, 15) is 9.59 Å². The monoisotopic (exact) mass is 326 g/mol. The molecular formula is C13H15BrN2O3. The smallest absolute Gasteiger partial charge is 0.328 e. The Labute approximate surface area is 120 Å². The molecule has 0 N–H and O–H groups in total. The van der Waals surface area contributed by atoms with Gasteiger partial charge in [0, 0.05) is 12.6 Å². The van der Waals surface area contributed by atoms with Gasteiger partial charge in [-0.3, -0.25) is 4.79 Å². The van der Waals surface area contributed by atoms with E-state index in [-0.39, 0.29) is 17.9 Å². The number of nitrogens with zero attached hydrogens (tertiary/aromatic N) is 2. The Kier molecular flexibility index (Phi) is 4.19. The average molecular weight is 327 g/mol. The van der Waals surface area contributed by atoms with Crippen molar-refractivity contribution in [3.63, 3.8) is 0 Å². The fourth-order valence-corrected chi connectivity index (χ4v) is 2.59. The molecule has 2 unspecified atom stereocenters. The lowest BCUT2D eigenvalue weighted by Crippen LogP contribution is -2.40. The Bertz CT molecular complexity index is 489. The van der Waals surface area contributed by atoms with Crippen molar-refractivity contribution >= 4 is 27.8 Å². The molecule has 0 bridgehead atoms. The summed E-state index contributed by atoms with van der Waals surface area (Å²) in [6.45, 7) is 1.89. The Morgan fingerprint density at radius 2 is 2.32 bits per heavy atom. The number of aromatic nitrogens is 1. The van der Waals surface area contributed by atoms with Gasteiger partial charge in [-0.2, -0.15) is 0 Å². The van der Waals surface area contributed by atoms with Gasteiger partial charge in [-0.05, 0) is 40.9 Å². The highest BCUT2D eigenvalue weighted by molar-refractivity contribution is 9.10. The average Bonchev–Trinajstić information content (AvgIpc) is 2.80. The van der Waals surface area contributed by atoms with Gasteiger partial charge >= 0.3 is 5.97 Å². The summed E-state index contributed by atoms with van der Waals surface area (Å²) < 4.78 is 5.50. The SMILES string of the molecule is COC(=O)C1CCC(=O)N1C(C)c1ccc(Br)nc1. The largest absolute Gasteiger partial charge is 0.467 e. The van der Waals surface area contributed by atoms with E-state index in [1.54, 1.807) is 11.1 Å². The van der Waals surface area contributed by atoms with Gasteiger partial charge in [-0.25, -0.2) is 9.78 Å². The number of esters is 1. The summed E-state index contributed by atoms with van der Waals surface area (Å²) >= 11 is 3.27. The van der Waals surface area contributed by atoms with Crippen LogP contribution in [0.2, 0.25) is 0 Å². The number of pyridine rings is 1. The van der Waals surface area contributed by atoms with Gasteiger partial charge in [0.25, 0.3) is 0 Å². The minimum Gasteiger partial charge on any atom is -0.467 e. The Hall–Kier alpha value is -1.43. The maximum Gasteiger partial charge on any atom is 0.328 e. The lowest BCUT2D eigenvalue weighted by Gasteiger charge is -2.29. The van der Waals surface area contributed by atoms with Gasteiger partial charge in [0.05, 0.1) is 13.2 Å². The van der Waals surface area contributed by atoms with Gasteiger partial charge in [0.1, 0.15) is 10.6 Å². The molecule has 0 spiro atoms. The molecule has 102 valence electrons. The van der Waals surface area contributed by atoms with Crippen LogP contribution in [-0.4, -0.2) is 34.9 Å². The molecule has 0 aliphatic carbocycles. The quantitative estimate of drug-likeness (QED) is 0.630.